The molecule has 3 radical (unpaired) electrons. The minimum absolute atomic E-state index is 0. The van der Waals surface area contributed by atoms with Gasteiger partial charge in [0.2, 0.25) is 0 Å². The number of rotatable bonds is 2. The lowest BCUT2D eigenvalue weighted by Gasteiger charge is -1.96. The van der Waals surface area contributed by atoms with Gasteiger partial charge in [0.05, 0.1) is 0 Å². The van der Waals surface area contributed by atoms with E-state index in [-0.39, 0.29) is 23.1 Å². The fraction of sp³-hybridized carbons (Fsp3) is 0.667. The highest BCUT2D eigenvalue weighted by molar-refractivity contribution is 7.80. The monoisotopic (exact) mass is 148 g/mol. The van der Waals surface area contributed by atoms with E-state index in [1.54, 1.807) is 0 Å². The van der Waals surface area contributed by atoms with Crippen molar-refractivity contribution in [2.75, 3.05) is 5.75 Å². The second kappa shape index (κ2) is 5.45. The van der Waals surface area contributed by atoms with Gasteiger partial charge in [0.1, 0.15) is 6.04 Å². The Balaban J connectivity index is 0. The van der Waals surface area contributed by atoms with Crippen molar-refractivity contribution < 1.29 is 9.90 Å². The van der Waals surface area contributed by atoms with Crippen molar-refractivity contribution in [1.29, 1.82) is 0 Å². The zero-order valence-corrected chi connectivity index (χ0v) is 6.29. The van der Waals surface area contributed by atoms with Crippen LogP contribution >= 0.6 is 12.6 Å². The molecular formula is C3H7AlNO2S. The Morgan fingerprint density at radius 1 is 1.88 bits per heavy atom. The highest BCUT2D eigenvalue weighted by Gasteiger charge is 2.06. The molecule has 1 atom stereocenters. The number of nitrogens with two attached hydrogens (primary N) is 1. The maximum absolute atomic E-state index is 9.76. The van der Waals surface area contributed by atoms with Crippen molar-refractivity contribution in [3.05, 3.63) is 0 Å². The van der Waals surface area contributed by atoms with Crippen LogP contribution in [0.15, 0.2) is 0 Å². The standard InChI is InChI=1S/C3H7NO2S.Al/c4-2(1-7)3(5)6;/h2,7H,1,4H2,(H,5,6);/t2-;/m0./s1. The summed E-state index contributed by atoms with van der Waals surface area (Å²) in [5, 5.41) is 8.01. The Morgan fingerprint density at radius 3 is 2.25 bits per heavy atom. The number of carboxylic acid groups (broad SMARTS) is 1. The van der Waals surface area contributed by atoms with E-state index >= 15 is 0 Å². The maximum atomic E-state index is 9.76. The molecule has 0 fully saturated rings. The van der Waals surface area contributed by atoms with Gasteiger partial charge in [0.25, 0.3) is 0 Å². The van der Waals surface area contributed by atoms with Crippen molar-refractivity contribution in [3.8, 4) is 0 Å². The first-order valence-corrected chi connectivity index (χ1v) is 2.41. The van der Waals surface area contributed by atoms with Crippen LogP contribution in [0.1, 0.15) is 0 Å². The van der Waals surface area contributed by atoms with E-state index in [1.807, 2.05) is 0 Å². The maximum Gasteiger partial charge on any atom is 0.321 e. The predicted octanol–water partition coefficient (Wildman–Crippen LogP) is -1.05. The molecule has 0 saturated carbocycles. The third kappa shape index (κ3) is 4.47. The SMILES string of the molecule is N[C@@H](CS)C(=O)O.[Al]. The Morgan fingerprint density at radius 2 is 2.25 bits per heavy atom. The van der Waals surface area contributed by atoms with E-state index in [4.69, 9.17) is 10.8 Å². The summed E-state index contributed by atoms with van der Waals surface area (Å²) < 4.78 is 0. The van der Waals surface area contributed by atoms with Gasteiger partial charge >= 0.3 is 5.97 Å². The van der Waals surface area contributed by atoms with Crippen molar-refractivity contribution in [2.24, 2.45) is 5.73 Å². The molecule has 0 spiro atoms. The van der Waals surface area contributed by atoms with Gasteiger partial charge in [0.15, 0.2) is 0 Å². The zero-order chi connectivity index (χ0) is 5.86. The summed E-state index contributed by atoms with van der Waals surface area (Å²) in [7, 11) is 0. The fourth-order valence-corrected chi connectivity index (χ4v) is 0.234. The fourth-order valence-electron chi connectivity index (χ4n) is 0.0781. The van der Waals surface area contributed by atoms with Gasteiger partial charge in [-0.15, -0.1) is 0 Å². The summed E-state index contributed by atoms with van der Waals surface area (Å²) in [6, 6.07) is -0.816. The average Bonchev–Trinajstić information content (AvgIpc) is 1.65. The molecule has 0 aromatic rings. The Kier molecular flexibility index (Phi) is 7.60. The summed E-state index contributed by atoms with van der Waals surface area (Å²) in [5.41, 5.74) is 4.94. The number of thiol groups is 1. The normalized spacial score (nSPS) is 11.8. The van der Waals surface area contributed by atoms with Crippen LogP contribution in [-0.2, 0) is 4.79 Å². The number of aliphatic carboxylic acids is 1. The molecule has 0 aromatic heterocycles. The molecule has 0 rings (SSSR count). The molecule has 0 aliphatic rings. The van der Waals surface area contributed by atoms with Crippen molar-refractivity contribution >= 4 is 36.0 Å². The second-order valence-corrected chi connectivity index (χ2v) is 1.49. The summed E-state index contributed by atoms with van der Waals surface area (Å²) in [6.45, 7) is 0. The lowest BCUT2D eigenvalue weighted by molar-refractivity contribution is -0.137. The molecule has 3 nitrogen and oxygen atoms in total. The quantitative estimate of drug-likeness (QED) is 0.346. The van der Waals surface area contributed by atoms with Crippen LogP contribution in [0.5, 0.6) is 0 Å². The van der Waals surface area contributed by atoms with E-state index in [9.17, 15) is 4.79 Å². The van der Waals surface area contributed by atoms with Gasteiger partial charge in [-0.05, 0) is 0 Å². The topological polar surface area (TPSA) is 63.3 Å². The largest absolute Gasteiger partial charge is 0.480 e. The molecule has 0 aromatic carbocycles. The van der Waals surface area contributed by atoms with E-state index in [0.29, 0.717) is 0 Å². The Hall–Kier alpha value is 0.312. The Bertz CT molecular complexity index is 79.7. The highest BCUT2D eigenvalue weighted by Crippen LogP contribution is 1.80. The second-order valence-electron chi connectivity index (χ2n) is 1.13. The molecule has 0 aliphatic carbocycles. The van der Waals surface area contributed by atoms with E-state index < -0.39 is 12.0 Å². The first-order valence-electron chi connectivity index (χ1n) is 1.77. The third-order valence-corrected chi connectivity index (χ3v) is 0.907. The van der Waals surface area contributed by atoms with E-state index in [0.717, 1.165) is 0 Å². The molecular weight excluding hydrogens is 141 g/mol. The van der Waals surface area contributed by atoms with Crippen LogP contribution in [0, 0.1) is 0 Å². The van der Waals surface area contributed by atoms with Gasteiger partial charge in [-0.1, -0.05) is 0 Å². The molecule has 3 N–H and O–H groups in total. The van der Waals surface area contributed by atoms with Gasteiger partial charge in [-0.3, -0.25) is 4.79 Å². The molecule has 45 valence electrons. The van der Waals surface area contributed by atoms with Crippen LogP contribution in [-0.4, -0.2) is 40.2 Å². The van der Waals surface area contributed by atoms with Crippen molar-refractivity contribution in [3.63, 3.8) is 0 Å². The molecule has 0 heterocycles. The first kappa shape index (κ1) is 11.2. The van der Waals surface area contributed by atoms with Crippen LogP contribution in [0.3, 0.4) is 0 Å². The van der Waals surface area contributed by atoms with Gasteiger partial charge in [-0.2, -0.15) is 12.6 Å². The predicted molar refractivity (Wildman–Crippen MR) is 35.2 cm³/mol. The van der Waals surface area contributed by atoms with Gasteiger partial charge < -0.3 is 10.8 Å². The smallest absolute Gasteiger partial charge is 0.321 e. The average molecular weight is 148 g/mol. The van der Waals surface area contributed by atoms with Crippen LogP contribution in [0.2, 0.25) is 0 Å². The zero-order valence-electron chi connectivity index (χ0n) is 4.24. The molecule has 5 heteroatoms. The molecule has 0 aliphatic heterocycles. The summed E-state index contributed by atoms with van der Waals surface area (Å²) in [5.74, 6) is -0.815. The number of carboxylic acids is 1. The molecule has 0 saturated heterocycles. The van der Waals surface area contributed by atoms with Crippen molar-refractivity contribution in [2.45, 2.75) is 6.04 Å². The molecule has 8 heavy (non-hydrogen) atoms. The van der Waals surface area contributed by atoms with Crippen LogP contribution in [0.25, 0.3) is 0 Å². The highest BCUT2D eigenvalue weighted by atomic mass is 32.1. The summed E-state index contributed by atoms with van der Waals surface area (Å²) in [4.78, 5) is 9.76. The van der Waals surface area contributed by atoms with Crippen molar-refractivity contribution in [1.82, 2.24) is 0 Å². The van der Waals surface area contributed by atoms with Crippen LogP contribution < -0.4 is 5.73 Å². The minimum Gasteiger partial charge on any atom is -0.480 e. The number of carbonyl (C=O) groups is 1. The summed E-state index contributed by atoms with van der Waals surface area (Å²) >= 11 is 3.65. The van der Waals surface area contributed by atoms with Gasteiger partial charge in [-0.25, -0.2) is 0 Å². The van der Waals surface area contributed by atoms with Gasteiger partial charge in [0, 0.05) is 23.1 Å². The van der Waals surface area contributed by atoms with E-state index in [1.165, 1.54) is 0 Å². The number of hydrogen-bond acceptors (Lipinski definition) is 3. The molecule has 0 bridgehead atoms. The molecule has 0 amide bonds. The lowest BCUT2D eigenvalue weighted by atomic mass is 10.4. The summed E-state index contributed by atoms with van der Waals surface area (Å²) in [6.07, 6.45) is 0. The number of hydrogen-bond donors (Lipinski definition) is 3. The van der Waals surface area contributed by atoms with Crippen LogP contribution in [0.4, 0.5) is 0 Å². The molecule has 0 unspecified atom stereocenters. The first-order chi connectivity index (χ1) is 3.18. The lowest BCUT2D eigenvalue weighted by Crippen LogP contribution is -2.31. The Labute approximate surface area is 63.8 Å². The van der Waals surface area contributed by atoms with E-state index in [2.05, 4.69) is 12.6 Å². The minimum atomic E-state index is -1.00. The third-order valence-electron chi connectivity index (χ3n) is 0.514.